The molecule has 0 saturated heterocycles. The van der Waals surface area contributed by atoms with Gasteiger partial charge in [0, 0.05) is 17.5 Å². The molecule has 0 fully saturated rings. The number of likely N-dealkylation sites (N-methyl/N-ethyl adjacent to an activating group) is 1. The summed E-state index contributed by atoms with van der Waals surface area (Å²) in [5.41, 5.74) is 10.7. The molecular weight excluding hydrogens is 222 g/mol. The van der Waals surface area contributed by atoms with Crippen molar-refractivity contribution in [3.05, 3.63) is 22.4 Å². The quantitative estimate of drug-likeness (QED) is 0.758. The molecule has 0 radical (unpaired) electrons. The van der Waals surface area contributed by atoms with Crippen LogP contribution in [0.25, 0.3) is 0 Å². The molecule has 1 aromatic rings. The fraction of sp³-hybridized carbons (Fsp3) is 0.545. The molecule has 90 valence electrons. The summed E-state index contributed by atoms with van der Waals surface area (Å²) in [5.74, 6) is -0.449. The van der Waals surface area contributed by atoms with E-state index < -0.39 is 11.9 Å². The summed E-state index contributed by atoms with van der Waals surface area (Å²) in [4.78, 5) is 14.3. The number of nitrogens with zero attached hydrogens (tertiary/aromatic N) is 1. The van der Waals surface area contributed by atoms with Crippen molar-refractivity contribution in [2.45, 2.75) is 25.4 Å². The Hall–Kier alpha value is -0.910. The molecule has 16 heavy (non-hydrogen) atoms. The van der Waals surface area contributed by atoms with E-state index in [1.165, 1.54) is 4.88 Å². The van der Waals surface area contributed by atoms with E-state index in [9.17, 15) is 4.79 Å². The van der Waals surface area contributed by atoms with Crippen molar-refractivity contribution in [3.63, 3.8) is 0 Å². The lowest BCUT2D eigenvalue weighted by Gasteiger charge is -2.26. The third-order valence-corrected chi connectivity index (χ3v) is 3.58. The van der Waals surface area contributed by atoms with Gasteiger partial charge in [-0.2, -0.15) is 0 Å². The average molecular weight is 241 g/mol. The smallest absolute Gasteiger partial charge is 0.235 e. The Labute approximate surface area is 100 Å². The standard InChI is InChI=1S/C11H19N3OS/c1-8(6-9-4-3-5-16-9)14(2)7-10(12)11(13)15/h3-5,8,10H,6-7,12H2,1-2H3,(H2,13,15). The summed E-state index contributed by atoms with van der Waals surface area (Å²) in [7, 11) is 1.96. The van der Waals surface area contributed by atoms with Crippen LogP contribution in [0.15, 0.2) is 17.5 Å². The maximum Gasteiger partial charge on any atom is 0.235 e. The summed E-state index contributed by atoms with van der Waals surface area (Å²) in [6.45, 7) is 2.62. The van der Waals surface area contributed by atoms with Gasteiger partial charge < -0.3 is 16.4 Å². The number of thiophene rings is 1. The number of carbonyl (C=O) groups is 1. The van der Waals surface area contributed by atoms with Crippen LogP contribution in [0.5, 0.6) is 0 Å². The first-order valence-electron chi connectivity index (χ1n) is 5.28. The molecule has 2 atom stereocenters. The van der Waals surface area contributed by atoms with Gasteiger partial charge in [0.05, 0.1) is 6.04 Å². The van der Waals surface area contributed by atoms with E-state index in [2.05, 4.69) is 23.3 Å². The second-order valence-corrected chi connectivity index (χ2v) is 5.11. The molecule has 5 heteroatoms. The van der Waals surface area contributed by atoms with Crippen LogP contribution in [-0.4, -0.2) is 36.5 Å². The van der Waals surface area contributed by atoms with Crippen molar-refractivity contribution < 1.29 is 4.79 Å². The molecule has 2 unspecified atom stereocenters. The van der Waals surface area contributed by atoms with Gasteiger partial charge >= 0.3 is 0 Å². The number of hydrogen-bond acceptors (Lipinski definition) is 4. The minimum Gasteiger partial charge on any atom is -0.368 e. The van der Waals surface area contributed by atoms with Crippen LogP contribution >= 0.6 is 11.3 Å². The number of nitrogens with two attached hydrogens (primary N) is 2. The van der Waals surface area contributed by atoms with Crippen molar-refractivity contribution in [1.29, 1.82) is 0 Å². The minimum absolute atomic E-state index is 0.351. The predicted molar refractivity (Wildman–Crippen MR) is 67.3 cm³/mol. The van der Waals surface area contributed by atoms with Crippen molar-refractivity contribution in [2.24, 2.45) is 11.5 Å². The van der Waals surface area contributed by atoms with E-state index >= 15 is 0 Å². The van der Waals surface area contributed by atoms with Gasteiger partial charge in [0.15, 0.2) is 0 Å². The minimum atomic E-state index is -0.587. The van der Waals surface area contributed by atoms with Gasteiger partial charge in [-0.05, 0) is 31.8 Å². The zero-order valence-electron chi connectivity index (χ0n) is 9.72. The van der Waals surface area contributed by atoms with Crippen LogP contribution in [-0.2, 0) is 11.2 Å². The molecule has 4 N–H and O–H groups in total. The summed E-state index contributed by atoms with van der Waals surface area (Å²) in [6, 6.07) is 3.92. The number of carbonyl (C=O) groups excluding carboxylic acids is 1. The molecule has 0 aliphatic heterocycles. The highest BCUT2D eigenvalue weighted by atomic mass is 32.1. The number of primary amides is 1. The monoisotopic (exact) mass is 241 g/mol. The van der Waals surface area contributed by atoms with Gasteiger partial charge in [-0.1, -0.05) is 6.07 Å². The molecule has 1 heterocycles. The average Bonchev–Trinajstić information content (AvgIpc) is 2.69. The molecule has 0 aliphatic rings. The second kappa shape index (κ2) is 5.98. The Morgan fingerprint density at radius 2 is 2.31 bits per heavy atom. The lowest BCUT2D eigenvalue weighted by atomic mass is 10.1. The highest BCUT2D eigenvalue weighted by Crippen LogP contribution is 2.13. The van der Waals surface area contributed by atoms with E-state index in [4.69, 9.17) is 11.5 Å². The van der Waals surface area contributed by atoms with Crippen LogP contribution in [0, 0.1) is 0 Å². The van der Waals surface area contributed by atoms with Gasteiger partial charge in [-0.15, -0.1) is 11.3 Å². The summed E-state index contributed by atoms with van der Waals surface area (Å²) >= 11 is 1.74. The molecule has 4 nitrogen and oxygen atoms in total. The molecular formula is C11H19N3OS. The topological polar surface area (TPSA) is 72.3 Å². The van der Waals surface area contributed by atoms with Crippen LogP contribution in [0.1, 0.15) is 11.8 Å². The highest BCUT2D eigenvalue weighted by molar-refractivity contribution is 7.09. The van der Waals surface area contributed by atoms with E-state index in [0.29, 0.717) is 12.6 Å². The first-order chi connectivity index (χ1) is 7.50. The van der Waals surface area contributed by atoms with Gasteiger partial charge in [-0.25, -0.2) is 0 Å². The van der Waals surface area contributed by atoms with Crippen LogP contribution < -0.4 is 11.5 Å². The molecule has 0 saturated carbocycles. The molecule has 0 aliphatic carbocycles. The predicted octanol–water partition coefficient (Wildman–Crippen LogP) is 0.423. The van der Waals surface area contributed by atoms with Crippen molar-refractivity contribution in [2.75, 3.05) is 13.6 Å². The van der Waals surface area contributed by atoms with E-state index in [-0.39, 0.29) is 0 Å². The SMILES string of the molecule is CC(Cc1cccs1)N(C)CC(N)C(N)=O. The molecule has 0 spiro atoms. The van der Waals surface area contributed by atoms with Gasteiger partial charge in [0.1, 0.15) is 0 Å². The first-order valence-corrected chi connectivity index (χ1v) is 6.16. The van der Waals surface area contributed by atoms with E-state index in [1.54, 1.807) is 11.3 Å². The van der Waals surface area contributed by atoms with Crippen LogP contribution in [0.2, 0.25) is 0 Å². The third-order valence-electron chi connectivity index (χ3n) is 2.68. The number of hydrogen-bond donors (Lipinski definition) is 2. The van der Waals surface area contributed by atoms with Crippen LogP contribution in [0.4, 0.5) is 0 Å². The molecule has 1 aromatic heterocycles. The summed E-state index contributed by atoms with van der Waals surface area (Å²) < 4.78 is 0. The third kappa shape index (κ3) is 3.92. The van der Waals surface area contributed by atoms with Crippen LogP contribution in [0.3, 0.4) is 0 Å². The zero-order chi connectivity index (χ0) is 12.1. The Balaban J connectivity index is 2.41. The summed E-state index contributed by atoms with van der Waals surface area (Å²) in [6.07, 6.45) is 0.972. The van der Waals surface area contributed by atoms with E-state index in [0.717, 1.165) is 6.42 Å². The Kier molecular flexibility index (Phi) is 4.92. The largest absolute Gasteiger partial charge is 0.368 e. The summed E-state index contributed by atoms with van der Waals surface area (Å²) in [5, 5.41) is 2.07. The maximum absolute atomic E-state index is 10.8. The maximum atomic E-state index is 10.8. The lowest BCUT2D eigenvalue weighted by molar-refractivity contribution is -0.119. The molecule has 1 rings (SSSR count). The van der Waals surface area contributed by atoms with Crippen molar-refractivity contribution in [1.82, 2.24) is 4.90 Å². The lowest BCUT2D eigenvalue weighted by Crippen LogP contribution is -2.47. The molecule has 1 amide bonds. The Morgan fingerprint density at radius 3 is 2.81 bits per heavy atom. The molecule has 0 aromatic carbocycles. The second-order valence-electron chi connectivity index (χ2n) is 4.08. The van der Waals surface area contributed by atoms with Crippen molar-refractivity contribution >= 4 is 17.2 Å². The number of rotatable bonds is 6. The zero-order valence-corrected chi connectivity index (χ0v) is 10.5. The normalized spacial score (nSPS) is 15.0. The fourth-order valence-corrected chi connectivity index (χ4v) is 2.28. The highest BCUT2D eigenvalue weighted by Gasteiger charge is 2.16. The van der Waals surface area contributed by atoms with Gasteiger partial charge in [-0.3, -0.25) is 4.79 Å². The van der Waals surface area contributed by atoms with Crippen molar-refractivity contribution in [3.8, 4) is 0 Å². The van der Waals surface area contributed by atoms with Gasteiger partial charge in [0.2, 0.25) is 5.91 Å². The number of amides is 1. The van der Waals surface area contributed by atoms with E-state index in [1.807, 2.05) is 13.1 Å². The Bertz CT molecular complexity index is 326. The Morgan fingerprint density at radius 1 is 1.62 bits per heavy atom. The molecule has 0 bridgehead atoms. The first kappa shape index (κ1) is 13.2. The fourth-order valence-electron chi connectivity index (χ4n) is 1.46. The van der Waals surface area contributed by atoms with Gasteiger partial charge in [0.25, 0.3) is 0 Å².